The lowest BCUT2D eigenvalue weighted by molar-refractivity contribution is -0.127. The minimum absolute atomic E-state index is 0.163. The molecule has 1 amide bonds. The zero-order valence-electron chi connectivity index (χ0n) is 12.7. The number of ether oxygens (including phenoxy) is 2. The molecule has 0 fully saturated rings. The smallest absolute Gasteiger partial charge is 0.261 e. The van der Waals surface area contributed by atoms with E-state index in [9.17, 15) is 4.79 Å². The average molecular weight is 333 g/mol. The fourth-order valence-corrected chi connectivity index (χ4v) is 2.68. The number of hydrogen-bond acceptors (Lipinski definition) is 4. The molecule has 0 bridgehead atoms. The van der Waals surface area contributed by atoms with E-state index in [0.29, 0.717) is 36.2 Å². The SMILES string of the molecule is CCOc1ncccc1CNC(=O)[C@@H]1Cc2cc(Cl)ccc2O1. The standard InChI is InChI=1S/C17H17ClN2O3/c1-2-22-17-11(4-3-7-19-17)10-20-16(21)15-9-12-8-13(18)5-6-14(12)23-15/h3-8,15H,2,9-10H2,1H3,(H,20,21)/t15-/m0/s1. The molecule has 120 valence electrons. The van der Waals surface area contributed by atoms with Crippen LogP contribution in [0.1, 0.15) is 18.1 Å². The van der Waals surface area contributed by atoms with E-state index in [4.69, 9.17) is 21.1 Å². The fraction of sp³-hybridized carbons (Fsp3) is 0.294. The lowest BCUT2D eigenvalue weighted by Gasteiger charge is -2.13. The van der Waals surface area contributed by atoms with Crippen molar-refractivity contribution in [3.8, 4) is 11.6 Å². The van der Waals surface area contributed by atoms with Crippen molar-refractivity contribution in [2.24, 2.45) is 0 Å². The van der Waals surface area contributed by atoms with Gasteiger partial charge < -0.3 is 14.8 Å². The lowest BCUT2D eigenvalue weighted by atomic mass is 10.1. The van der Waals surface area contributed by atoms with Gasteiger partial charge in [-0.15, -0.1) is 0 Å². The summed E-state index contributed by atoms with van der Waals surface area (Å²) in [6, 6.07) is 9.07. The number of halogens is 1. The average Bonchev–Trinajstić information content (AvgIpc) is 2.97. The molecule has 23 heavy (non-hydrogen) atoms. The van der Waals surface area contributed by atoms with Crippen molar-refractivity contribution >= 4 is 17.5 Å². The number of benzene rings is 1. The van der Waals surface area contributed by atoms with Gasteiger partial charge in [-0.1, -0.05) is 17.7 Å². The van der Waals surface area contributed by atoms with Gasteiger partial charge in [0.15, 0.2) is 6.10 Å². The molecule has 5 nitrogen and oxygen atoms in total. The van der Waals surface area contributed by atoms with Gasteiger partial charge in [0, 0.05) is 29.7 Å². The zero-order valence-corrected chi connectivity index (χ0v) is 13.5. The highest BCUT2D eigenvalue weighted by atomic mass is 35.5. The van der Waals surface area contributed by atoms with Gasteiger partial charge in [0.2, 0.25) is 5.88 Å². The second kappa shape index (κ2) is 6.87. The number of carbonyl (C=O) groups excluding carboxylic acids is 1. The maximum Gasteiger partial charge on any atom is 0.261 e. The Labute approximate surface area is 139 Å². The number of amides is 1. The molecule has 0 spiro atoms. The molecule has 1 aliphatic heterocycles. The molecular weight excluding hydrogens is 316 g/mol. The molecule has 0 aliphatic carbocycles. The Kier molecular flexibility index (Phi) is 4.67. The highest BCUT2D eigenvalue weighted by Crippen LogP contribution is 2.31. The van der Waals surface area contributed by atoms with Crippen LogP contribution in [-0.2, 0) is 17.8 Å². The summed E-state index contributed by atoms with van der Waals surface area (Å²) in [4.78, 5) is 16.5. The molecule has 1 N–H and O–H groups in total. The minimum Gasteiger partial charge on any atom is -0.480 e. The van der Waals surface area contributed by atoms with E-state index in [-0.39, 0.29) is 5.91 Å². The molecule has 2 heterocycles. The third-order valence-corrected chi connectivity index (χ3v) is 3.81. The van der Waals surface area contributed by atoms with Gasteiger partial charge in [0.05, 0.1) is 6.61 Å². The summed E-state index contributed by atoms with van der Waals surface area (Å²) in [5.74, 6) is 1.09. The van der Waals surface area contributed by atoms with Crippen molar-refractivity contribution in [1.82, 2.24) is 10.3 Å². The van der Waals surface area contributed by atoms with E-state index in [1.807, 2.05) is 25.1 Å². The Morgan fingerprint density at radius 1 is 1.48 bits per heavy atom. The lowest BCUT2D eigenvalue weighted by Crippen LogP contribution is -2.37. The quantitative estimate of drug-likeness (QED) is 0.914. The van der Waals surface area contributed by atoms with Gasteiger partial charge in [-0.2, -0.15) is 0 Å². The number of fused-ring (bicyclic) bond motifs is 1. The van der Waals surface area contributed by atoms with Crippen molar-refractivity contribution in [3.63, 3.8) is 0 Å². The van der Waals surface area contributed by atoms with E-state index in [1.165, 1.54) is 0 Å². The summed E-state index contributed by atoms with van der Waals surface area (Å²) in [5.41, 5.74) is 1.79. The van der Waals surface area contributed by atoms with Gasteiger partial charge in [-0.3, -0.25) is 4.79 Å². The van der Waals surface area contributed by atoms with E-state index in [1.54, 1.807) is 18.3 Å². The number of carbonyl (C=O) groups is 1. The summed E-state index contributed by atoms with van der Waals surface area (Å²) in [7, 11) is 0. The van der Waals surface area contributed by atoms with Crippen LogP contribution >= 0.6 is 11.6 Å². The molecule has 2 aromatic rings. The van der Waals surface area contributed by atoms with Crippen LogP contribution in [0.25, 0.3) is 0 Å². The Bertz CT molecular complexity index is 721. The molecular formula is C17H17ClN2O3. The van der Waals surface area contributed by atoms with Crippen molar-refractivity contribution in [3.05, 3.63) is 52.7 Å². The van der Waals surface area contributed by atoms with Crippen LogP contribution in [0.3, 0.4) is 0 Å². The van der Waals surface area contributed by atoms with E-state index < -0.39 is 6.10 Å². The van der Waals surface area contributed by atoms with Gasteiger partial charge in [0.25, 0.3) is 5.91 Å². The first-order chi connectivity index (χ1) is 11.2. The van der Waals surface area contributed by atoms with E-state index in [2.05, 4.69) is 10.3 Å². The number of aromatic nitrogens is 1. The van der Waals surface area contributed by atoms with Crippen LogP contribution < -0.4 is 14.8 Å². The monoisotopic (exact) mass is 332 g/mol. The molecule has 6 heteroatoms. The normalized spacial score (nSPS) is 15.7. The Balaban J connectivity index is 1.61. The first kappa shape index (κ1) is 15.6. The maximum absolute atomic E-state index is 12.3. The number of nitrogens with one attached hydrogen (secondary N) is 1. The molecule has 0 radical (unpaired) electrons. The molecule has 1 aliphatic rings. The number of pyridine rings is 1. The third kappa shape index (κ3) is 3.56. The van der Waals surface area contributed by atoms with Crippen LogP contribution in [0.15, 0.2) is 36.5 Å². The topological polar surface area (TPSA) is 60.5 Å². The Morgan fingerprint density at radius 2 is 2.35 bits per heavy atom. The fourth-order valence-electron chi connectivity index (χ4n) is 2.48. The van der Waals surface area contributed by atoms with E-state index in [0.717, 1.165) is 11.1 Å². The highest BCUT2D eigenvalue weighted by molar-refractivity contribution is 6.30. The summed E-state index contributed by atoms with van der Waals surface area (Å²) >= 11 is 5.96. The summed E-state index contributed by atoms with van der Waals surface area (Å²) in [6.45, 7) is 2.77. The Hall–Kier alpha value is -2.27. The summed E-state index contributed by atoms with van der Waals surface area (Å²) < 4.78 is 11.1. The summed E-state index contributed by atoms with van der Waals surface area (Å²) in [6.07, 6.45) is 1.65. The number of nitrogens with zero attached hydrogens (tertiary/aromatic N) is 1. The molecule has 0 saturated heterocycles. The van der Waals surface area contributed by atoms with Crippen molar-refractivity contribution in [1.29, 1.82) is 0 Å². The van der Waals surface area contributed by atoms with Gasteiger partial charge >= 0.3 is 0 Å². The molecule has 1 aromatic heterocycles. The van der Waals surface area contributed by atoms with Crippen molar-refractivity contribution in [2.75, 3.05) is 6.61 Å². The van der Waals surface area contributed by atoms with Crippen molar-refractivity contribution in [2.45, 2.75) is 26.0 Å². The van der Waals surface area contributed by atoms with Crippen LogP contribution in [0.5, 0.6) is 11.6 Å². The highest BCUT2D eigenvalue weighted by Gasteiger charge is 2.29. The number of hydrogen-bond donors (Lipinski definition) is 1. The second-order valence-electron chi connectivity index (χ2n) is 5.18. The second-order valence-corrected chi connectivity index (χ2v) is 5.62. The first-order valence-electron chi connectivity index (χ1n) is 7.47. The molecule has 1 atom stereocenters. The molecule has 3 rings (SSSR count). The third-order valence-electron chi connectivity index (χ3n) is 3.57. The maximum atomic E-state index is 12.3. The zero-order chi connectivity index (χ0) is 16.2. The van der Waals surface area contributed by atoms with Gasteiger partial charge in [-0.05, 0) is 36.8 Å². The van der Waals surface area contributed by atoms with Gasteiger partial charge in [0.1, 0.15) is 5.75 Å². The first-order valence-corrected chi connectivity index (χ1v) is 7.84. The van der Waals surface area contributed by atoms with E-state index >= 15 is 0 Å². The molecule has 1 aromatic carbocycles. The molecule has 0 unspecified atom stereocenters. The Morgan fingerprint density at radius 3 is 3.17 bits per heavy atom. The van der Waals surface area contributed by atoms with Crippen LogP contribution in [-0.4, -0.2) is 23.6 Å². The number of rotatable bonds is 5. The predicted molar refractivity (Wildman–Crippen MR) is 86.8 cm³/mol. The molecule has 0 saturated carbocycles. The van der Waals surface area contributed by atoms with Gasteiger partial charge in [-0.25, -0.2) is 4.98 Å². The van der Waals surface area contributed by atoms with Crippen molar-refractivity contribution < 1.29 is 14.3 Å². The van der Waals surface area contributed by atoms with Crippen LogP contribution in [0.4, 0.5) is 0 Å². The minimum atomic E-state index is -0.532. The van der Waals surface area contributed by atoms with Crippen LogP contribution in [0, 0.1) is 0 Å². The van der Waals surface area contributed by atoms with Crippen LogP contribution in [0.2, 0.25) is 5.02 Å². The predicted octanol–water partition coefficient (Wildman–Crippen LogP) is 2.75. The summed E-state index contributed by atoms with van der Waals surface area (Å²) in [5, 5.41) is 3.52. The largest absolute Gasteiger partial charge is 0.480 e.